The van der Waals surface area contributed by atoms with Crippen molar-refractivity contribution < 1.29 is 9.68 Å². The Labute approximate surface area is 203 Å². The molecule has 0 atom stereocenters. The first-order chi connectivity index (χ1) is 16.2. The molecule has 0 aromatic carbocycles. The number of nitrogens with zero attached hydrogens (tertiary/aromatic N) is 6. The SMILES string of the molecule is CCN(CC)c1cc(C)nc(/C(C)=N/OCC(C)(C)CO/N=C2\CCCc3ccc(C)nc32)n1. The summed E-state index contributed by atoms with van der Waals surface area (Å²) in [5, 5.41) is 8.71. The number of anilines is 1. The van der Waals surface area contributed by atoms with Crippen molar-refractivity contribution in [3.8, 4) is 0 Å². The molecule has 8 heteroatoms. The standard InChI is InChI=1S/C26H38N6O2/c1-8-32(9-2)23-15-19(4)28-25(29-23)20(5)30-33-16-26(6,7)17-34-31-22-12-10-11-21-14-13-18(3)27-24(21)22/h13-15H,8-12,16-17H2,1-7H3/b30-20+,31-22+. The van der Waals surface area contributed by atoms with Gasteiger partial charge in [-0.2, -0.15) is 0 Å². The van der Waals surface area contributed by atoms with Crippen molar-refractivity contribution in [1.82, 2.24) is 15.0 Å². The van der Waals surface area contributed by atoms with E-state index in [1.54, 1.807) is 0 Å². The number of oxime groups is 2. The van der Waals surface area contributed by atoms with Gasteiger partial charge in [-0.3, -0.25) is 4.98 Å². The molecule has 2 aromatic rings. The lowest BCUT2D eigenvalue weighted by Gasteiger charge is -2.22. The zero-order chi connectivity index (χ0) is 24.7. The summed E-state index contributed by atoms with van der Waals surface area (Å²) in [5.41, 5.74) is 5.42. The Kier molecular flexibility index (Phi) is 8.58. The van der Waals surface area contributed by atoms with Crippen LogP contribution in [0.5, 0.6) is 0 Å². The Morgan fingerprint density at radius 2 is 1.74 bits per heavy atom. The van der Waals surface area contributed by atoms with Crippen LogP contribution < -0.4 is 4.90 Å². The van der Waals surface area contributed by atoms with Crippen molar-refractivity contribution in [2.75, 3.05) is 31.2 Å². The highest BCUT2D eigenvalue weighted by Crippen LogP contribution is 2.22. The molecule has 0 amide bonds. The molecule has 1 aliphatic carbocycles. The smallest absolute Gasteiger partial charge is 0.179 e. The lowest BCUT2D eigenvalue weighted by Crippen LogP contribution is -2.25. The molecule has 0 radical (unpaired) electrons. The van der Waals surface area contributed by atoms with Gasteiger partial charge in [0.2, 0.25) is 0 Å². The van der Waals surface area contributed by atoms with Crippen LogP contribution in [0.25, 0.3) is 0 Å². The van der Waals surface area contributed by atoms with Crippen LogP contribution in [0.4, 0.5) is 5.82 Å². The maximum atomic E-state index is 5.75. The minimum Gasteiger partial charge on any atom is -0.395 e. The van der Waals surface area contributed by atoms with Crippen molar-refractivity contribution in [1.29, 1.82) is 0 Å². The van der Waals surface area contributed by atoms with Gasteiger partial charge >= 0.3 is 0 Å². The number of rotatable bonds is 10. The lowest BCUT2D eigenvalue weighted by atomic mass is 9.94. The van der Waals surface area contributed by atoms with Crippen LogP contribution in [0.1, 0.15) is 75.9 Å². The Hall–Kier alpha value is -3.03. The topological polar surface area (TPSA) is 85.1 Å². The van der Waals surface area contributed by atoms with Gasteiger partial charge < -0.3 is 14.6 Å². The number of hydrogen-bond acceptors (Lipinski definition) is 8. The molecule has 0 unspecified atom stereocenters. The van der Waals surface area contributed by atoms with Crippen molar-refractivity contribution in [2.45, 2.75) is 67.7 Å². The van der Waals surface area contributed by atoms with E-state index in [-0.39, 0.29) is 5.41 Å². The Bertz CT molecular complexity index is 1040. The van der Waals surface area contributed by atoms with Crippen molar-refractivity contribution in [3.63, 3.8) is 0 Å². The van der Waals surface area contributed by atoms with Gasteiger partial charge in [-0.05, 0) is 65.5 Å². The third-order valence-corrected chi connectivity index (χ3v) is 5.79. The summed E-state index contributed by atoms with van der Waals surface area (Å²) in [6, 6.07) is 6.19. The zero-order valence-corrected chi connectivity index (χ0v) is 21.7. The molecule has 0 saturated carbocycles. The molecule has 0 saturated heterocycles. The summed E-state index contributed by atoms with van der Waals surface area (Å²) >= 11 is 0. The Morgan fingerprint density at radius 1 is 1.00 bits per heavy atom. The van der Waals surface area contributed by atoms with E-state index in [0.717, 1.165) is 61.0 Å². The molecule has 34 heavy (non-hydrogen) atoms. The molecule has 1 aliphatic rings. The number of fused-ring (bicyclic) bond motifs is 1. The fourth-order valence-electron chi connectivity index (χ4n) is 3.79. The second-order valence-corrected chi connectivity index (χ2v) is 9.60. The largest absolute Gasteiger partial charge is 0.395 e. The van der Waals surface area contributed by atoms with E-state index >= 15 is 0 Å². The molecule has 2 heterocycles. The molecule has 8 nitrogen and oxygen atoms in total. The highest BCUT2D eigenvalue weighted by molar-refractivity contribution is 6.00. The van der Waals surface area contributed by atoms with Gasteiger partial charge in [-0.15, -0.1) is 0 Å². The second kappa shape index (κ2) is 11.4. The van der Waals surface area contributed by atoms with Gasteiger partial charge in [-0.25, -0.2) is 9.97 Å². The van der Waals surface area contributed by atoms with Crippen LogP contribution in [-0.4, -0.2) is 52.7 Å². The first-order valence-electron chi connectivity index (χ1n) is 12.2. The zero-order valence-electron chi connectivity index (χ0n) is 21.7. The quantitative estimate of drug-likeness (QED) is 0.367. The second-order valence-electron chi connectivity index (χ2n) is 9.60. The number of pyridine rings is 1. The van der Waals surface area contributed by atoms with Crippen LogP contribution in [0, 0.1) is 19.3 Å². The van der Waals surface area contributed by atoms with E-state index < -0.39 is 0 Å². The summed E-state index contributed by atoms with van der Waals surface area (Å²) in [4.78, 5) is 27.5. The van der Waals surface area contributed by atoms with Gasteiger partial charge in [-0.1, -0.05) is 30.2 Å². The average Bonchev–Trinajstić information content (AvgIpc) is 2.79. The Balaban J connectivity index is 1.59. The van der Waals surface area contributed by atoms with Crippen LogP contribution in [-0.2, 0) is 16.1 Å². The summed E-state index contributed by atoms with van der Waals surface area (Å²) in [6.07, 6.45) is 2.99. The van der Waals surface area contributed by atoms with Crippen molar-refractivity contribution in [2.24, 2.45) is 15.7 Å². The van der Waals surface area contributed by atoms with Crippen LogP contribution >= 0.6 is 0 Å². The van der Waals surface area contributed by atoms with Gasteiger partial charge in [0, 0.05) is 36.0 Å². The predicted molar refractivity (Wildman–Crippen MR) is 137 cm³/mol. The molecule has 0 spiro atoms. The van der Waals surface area contributed by atoms with Gasteiger partial charge in [0.15, 0.2) is 5.82 Å². The maximum Gasteiger partial charge on any atom is 0.179 e. The monoisotopic (exact) mass is 466 g/mol. The van der Waals surface area contributed by atoms with E-state index in [2.05, 4.69) is 70.0 Å². The molecule has 184 valence electrons. The fourth-order valence-corrected chi connectivity index (χ4v) is 3.79. The first kappa shape index (κ1) is 25.6. The molecule has 0 fully saturated rings. The molecule has 0 aliphatic heterocycles. The van der Waals surface area contributed by atoms with Crippen LogP contribution in [0.3, 0.4) is 0 Å². The molecule has 0 N–H and O–H groups in total. The minimum absolute atomic E-state index is 0.273. The third-order valence-electron chi connectivity index (χ3n) is 5.79. The van der Waals surface area contributed by atoms with Gasteiger partial charge in [0.1, 0.15) is 30.5 Å². The molecule has 2 aromatic heterocycles. The molecule has 3 rings (SSSR count). The maximum absolute atomic E-state index is 5.75. The number of aryl methyl sites for hydroxylation is 3. The first-order valence-corrected chi connectivity index (χ1v) is 12.2. The van der Waals surface area contributed by atoms with Crippen LogP contribution in [0.2, 0.25) is 0 Å². The Morgan fingerprint density at radius 3 is 2.47 bits per heavy atom. The van der Waals surface area contributed by atoms with E-state index in [9.17, 15) is 0 Å². The van der Waals surface area contributed by atoms with Crippen molar-refractivity contribution >= 4 is 17.2 Å². The van der Waals surface area contributed by atoms with Gasteiger partial charge in [0.05, 0.1) is 5.69 Å². The third kappa shape index (κ3) is 6.74. The summed E-state index contributed by atoms with van der Waals surface area (Å²) in [5.74, 6) is 1.49. The summed E-state index contributed by atoms with van der Waals surface area (Å²) < 4.78 is 0. The normalized spacial score (nSPS) is 15.3. The van der Waals surface area contributed by atoms with Crippen molar-refractivity contribution in [3.05, 3.63) is 46.7 Å². The lowest BCUT2D eigenvalue weighted by molar-refractivity contribution is -0.000177. The van der Waals surface area contributed by atoms with E-state index in [1.165, 1.54) is 5.56 Å². The highest BCUT2D eigenvalue weighted by Gasteiger charge is 2.22. The minimum atomic E-state index is -0.273. The molecular formula is C26H38N6O2. The van der Waals surface area contributed by atoms with Crippen LogP contribution in [0.15, 0.2) is 28.5 Å². The molecule has 0 bridgehead atoms. The molecular weight excluding hydrogens is 428 g/mol. The average molecular weight is 467 g/mol. The predicted octanol–water partition coefficient (Wildman–Crippen LogP) is 4.86. The highest BCUT2D eigenvalue weighted by atomic mass is 16.6. The number of aromatic nitrogens is 3. The summed E-state index contributed by atoms with van der Waals surface area (Å²) in [6.45, 7) is 16.8. The van der Waals surface area contributed by atoms with E-state index in [4.69, 9.17) is 9.68 Å². The van der Waals surface area contributed by atoms with E-state index in [0.29, 0.717) is 24.7 Å². The summed E-state index contributed by atoms with van der Waals surface area (Å²) in [7, 11) is 0. The fraction of sp³-hybridized carbons (Fsp3) is 0.577. The van der Waals surface area contributed by atoms with E-state index in [1.807, 2.05) is 26.8 Å². The number of hydrogen-bond donors (Lipinski definition) is 0. The van der Waals surface area contributed by atoms with Gasteiger partial charge in [0.25, 0.3) is 0 Å².